The number of thiazole rings is 1. The SMILES string of the molecule is C=CC(=O)OCCNC(=O)OCC(COc1ccccc1-c1cccc2c1sc1ccccc12)(CSc1nc2ccccc2s1)CSc1ccccc1-c1cccc2c1sc1ccccc12. The van der Waals surface area contributed by atoms with Gasteiger partial charge in [0.05, 0.1) is 28.8 Å². The van der Waals surface area contributed by atoms with Crippen LogP contribution in [0.15, 0.2) is 180 Å². The summed E-state index contributed by atoms with van der Waals surface area (Å²) in [5.41, 5.74) is 4.62. The van der Waals surface area contributed by atoms with Crippen molar-refractivity contribution in [1.82, 2.24) is 10.3 Å². The number of carbonyl (C=O) groups excluding carboxylic acids is 2. The lowest BCUT2D eigenvalue weighted by atomic mass is 9.95. The van der Waals surface area contributed by atoms with Crippen LogP contribution in [0.1, 0.15) is 0 Å². The first-order valence-corrected chi connectivity index (χ1v) is 25.8. The van der Waals surface area contributed by atoms with Crippen LogP contribution in [-0.4, -0.2) is 54.9 Å². The van der Waals surface area contributed by atoms with Crippen molar-refractivity contribution in [2.75, 3.05) is 37.9 Å². The lowest BCUT2D eigenvalue weighted by molar-refractivity contribution is -0.137. The number of thiophene rings is 2. The van der Waals surface area contributed by atoms with Crippen molar-refractivity contribution in [3.8, 4) is 28.0 Å². The van der Waals surface area contributed by atoms with E-state index in [0.29, 0.717) is 11.5 Å². The largest absolute Gasteiger partial charge is 0.492 e. The third-order valence-corrected chi connectivity index (χ3v) is 17.7. The van der Waals surface area contributed by atoms with Gasteiger partial charge in [-0.2, -0.15) is 0 Å². The zero-order valence-corrected chi connectivity index (χ0v) is 39.7. The van der Waals surface area contributed by atoms with E-state index in [4.69, 9.17) is 19.2 Å². The molecule has 12 heteroatoms. The summed E-state index contributed by atoms with van der Waals surface area (Å²) in [6.07, 6.45) is 0.480. The van der Waals surface area contributed by atoms with Crippen molar-refractivity contribution in [3.63, 3.8) is 0 Å². The van der Waals surface area contributed by atoms with E-state index < -0.39 is 17.5 Å². The fraction of sp³-hybridized carbons (Fsp3) is 0.130. The van der Waals surface area contributed by atoms with Gasteiger partial charge in [-0.3, -0.25) is 0 Å². The van der Waals surface area contributed by atoms with Crippen molar-refractivity contribution >= 4 is 120 Å². The second kappa shape index (κ2) is 19.8. The Morgan fingerprint density at radius 2 is 1.17 bits per heavy atom. The zero-order valence-electron chi connectivity index (χ0n) is 35.6. The molecule has 66 heavy (non-hydrogen) atoms. The Morgan fingerprint density at radius 1 is 0.591 bits per heavy atom. The molecular weight excluding hydrogens is 917 g/mol. The minimum atomic E-state index is -0.743. The monoisotopic (exact) mass is 958 g/mol. The molecule has 1 amide bonds. The fourth-order valence-electron chi connectivity index (χ4n) is 8.02. The van der Waals surface area contributed by atoms with Crippen LogP contribution in [0, 0.1) is 5.41 Å². The molecule has 1 N–H and O–H groups in total. The number of hydrogen-bond acceptors (Lipinski definition) is 11. The summed E-state index contributed by atoms with van der Waals surface area (Å²) in [6, 6.07) is 55.0. The predicted molar refractivity (Wildman–Crippen MR) is 279 cm³/mol. The first-order chi connectivity index (χ1) is 32.4. The minimum absolute atomic E-state index is 0.00973. The Hall–Kier alpha value is -6.15. The van der Waals surface area contributed by atoms with Gasteiger partial charge in [-0.05, 0) is 42.0 Å². The number of benzene rings is 7. The highest BCUT2D eigenvalue weighted by Crippen LogP contribution is 2.46. The number of rotatable bonds is 17. The summed E-state index contributed by atoms with van der Waals surface area (Å²) in [4.78, 5) is 31.2. The maximum absolute atomic E-state index is 13.5. The van der Waals surface area contributed by atoms with E-state index in [0.717, 1.165) is 48.0 Å². The van der Waals surface area contributed by atoms with Gasteiger partial charge in [-0.1, -0.05) is 140 Å². The van der Waals surface area contributed by atoms with Crippen LogP contribution in [-0.2, 0) is 14.3 Å². The number of ether oxygens (including phenoxy) is 3. The maximum Gasteiger partial charge on any atom is 0.407 e. The van der Waals surface area contributed by atoms with Crippen LogP contribution < -0.4 is 10.1 Å². The molecule has 0 saturated carbocycles. The van der Waals surface area contributed by atoms with E-state index in [1.807, 2.05) is 47.7 Å². The molecule has 0 fully saturated rings. The van der Waals surface area contributed by atoms with Crippen LogP contribution in [0.2, 0.25) is 0 Å². The number of hydrogen-bond donors (Lipinski definition) is 1. The predicted octanol–water partition coefficient (Wildman–Crippen LogP) is 14.8. The molecular formula is C54H42N2O5S5. The average molecular weight is 959 g/mol. The van der Waals surface area contributed by atoms with Gasteiger partial charge >= 0.3 is 12.1 Å². The third-order valence-electron chi connectivity index (χ3n) is 11.3. The summed E-state index contributed by atoms with van der Waals surface area (Å²) in [7, 11) is 0. The molecule has 0 aliphatic rings. The minimum Gasteiger partial charge on any atom is -0.492 e. The van der Waals surface area contributed by atoms with Gasteiger partial charge in [0.2, 0.25) is 0 Å². The number of nitrogens with one attached hydrogen (secondary N) is 1. The molecule has 0 aliphatic carbocycles. The van der Waals surface area contributed by atoms with Crippen molar-refractivity contribution in [1.29, 1.82) is 0 Å². The molecule has 3 aromatic heterocycles. The van der Waals surface area contributed by atoms with E-state index in [9.17, 15) is 9.59 Å². The van der Waals surface area contributed by atoms with Gasteiger partial charge in [0.1, 0.15) is 19.0 Å². The molecule has 328 valence electrons. The highest BCUT2D eigenvalue weighted by atomic mass is 32.2. The smallest absolute Gasteiger partial charge is 0.407 e. The number of thioether (sulfide) groups is 2. The Morgan fingerprint density at radius 3 is 1.88 bits per heavy atom. The Balaban J connectivity index is 1.01. The number of aromatic nitrogens is 1. The van der Waals surface area contributed by atoms with E-state index in [-0.39, 0.29) is 26.4 Å². The highest BCUT2D eigenvalue weighted by molar-refractivity contribution is 8.01. The van der Waals surface area contributed by atoms with E-state index in [1.54, 1.807) is 46.2 Å². The van der Waals surface area contributed by atoms with Crippen LogP contribution in [0.4, 0.5) is 4.79 Å². The summed E-state index contributed by atoms with van der Waals surface area (Å²) >= 11 is 8.65. The zero-order chi connectivity index (χ0) is 44.9. The normalized spacial score (nSPS) is 12.4. The number of esters is 1. The van der Waals surface area contributed by atoms with E-state index >= 15 is 0 Å². The lowest BCUT2D eigenvalue weighted by Crippen LogP contribution is -2.41. The summed E-state index contributed by atoms with van der Waals surface area (Å²) in [6.45, 7) is 3.80. The van der Waals surface area contributed by atoms with Crippen LogP contribution in [0.25, 0.3) is 72.8 Å². The molecule has 0 spiro atoms. The molecule has 0 aliphatic heterocycles. The molecule has 10 rings (SSSR count). The first kappa shape index (κ1) is 43.7. The second-order valence-electron chi connectivity index (χ2n) is 15.7. The number of amides is 1. The molecule has 7 nitrogen and oxygen atoms in total. The van der Waals surface area contributed by atoms with Crippen LogP contribution in [0.3, 0.4) is 0 Å². The van der Waals surface area contributed by atoms with E-state index in [2.05, 4.69) is 133 Å². The van der Waals surface area contributed by atoms with Gasteiger partial charge in [-0.15, -0.1) is 45.8 Å². The molecule has 0 saturated heterocycles. The quantitative estimate of drug-likeness (QED) is 0.0418. The van der Waals surface area contributed by atoms with Crippen molar-refractivity contribution in [3.05, 3.63) is 170 Å². The number of fused-ring (bicyclic) bond motifs is 7. The number of nitrogens with zero attached hydrogens (tertiary/aromatic N) is 1. The number of alkyl carbamates (subject to hydrolysis) is 1. The standard InChI is InChI=1S/C54H42N2O5S5/c1-2-49(57)59-30-29-55-52(58)61-32-54(34-63-53-56-43-23-7-12-28-48(43)66-53,31-60-44-24-8-3-15-35(44)39-19-13-21-41-37-17-5-10-26-46(37)64-50(39)41)33-62-45-25-9-4-16-36(45)40-20-14-22-42-38-18-6-11-27-47(38)65-51(40)42/h2-28H,1,29-34H2,(H,55,58). The average Bonchev–Trinajstić information content (AvgIpc) is 4.08. The van der Waals surface area contributed by atoms with Crippen molar-refractivity contribution < 1.29 is 23.8 Å². The van der Waals surface area contributed by atoms with Crippen molar-refractivity contribution in [2.45, 2.75) is 9.24 Å². The van der Waals surface area contributed by atoms with Gasteiger partial charge in [0.15, 0.2) is 4.34 Å². The van der Waals surface area contributed by atoms with Gasteiger partial charge in [0.25, 0.3) is 0 Å². The van der Waals surface area contributed by atoms with Gasteiger partial charge < -0.3 is 19.5 Å². The fourth-order valence-corrected chi connectivity index (χ4v) is 14.1. The maximum atomic E-state index is 13.5. The molecule has 1 atom stereocenters. The summed E-state index contributed by atoms with van der Waals surface area (Å²) < 4.78 is 25.3. The number of carbonyl (C=O) groups is 2. The summed E-state index contributed by atoms with van der Waals surface area (Å²) in [5.74, 6) is 1.26. The Labute approximate surface area is 402 Å². The second-order valence-corrected chi connectivity index (χ2v) is 21.1. The third kappa shape index (κ3) is 9.29. The molecule has 1 unspecified atom stereocenters. The van der Waals surface area contributed by atoms with Gasteiger partial charge in [0, 0.05) is 79.5 Å². The van der Waals surface area contributed by atoms with Crippen LogP contribution >= 0.6 is 57.5 Å². The van der Waals surface area contributed by atoms with E-state index in [1.165, 1.54) is 45.9 Å². The van der Waals surface area contributed by atoms with Crippen LogP contribution in [0.5, 0.6) is 5.75 Å². The lowest BCUT2D eigenvalue weighted by Gasteiger charge is -2.33. The molecule has 0 bridgehead atoms. The molecule has 7 aromatic carbocycles. The highest BCUT2D eigenvalue weighted by Gasteiger charge is 2.35. The molecule has 0 radical (unpaired) electrons. The molecule has 10 aromatic rings. The van der Waals surface area contributed by atoms with Gasteiger partial charge in [-0.25, -0.2) is 14.6 Å². The number of para-hydroxylation sites is 2. The Kier molecular flexibility index (Phi) is 13.1. The Bertz CT molecular complexity index is 3200. The topological polar surface area (TPSA) is 86.8 Å². The first-order valence-electron chi connectivity index (χ1n) is 21.4. The van der Waals surface area contributed by atoms with Crippen molar-refractivity contribution in [2.24, 2.45) is 5.41 Å². The summed E-state index contributed by atoms with van der Waals surface area (Å²) in [5, 5.41) is 7.70. The molecule has 3 heterocycles.